The number of hydrogen-bond donors (Lipinski definition) is 2. The summed E-state index contributed by atoms with van der Waals surface area (Å²) in [6, 6.07) is 0. The van der Waals surface area contributed by atoms with Crippen molar-refractivity contribution in [3.8, 4) is 0 Å². The van der Waals surface area contributed by atoms with E-state index in [1.165, 1.54) is 19.3 Å². The molecular weight excluding hydrogens is 224 g/mol. The summed E-state index contributed by atoms with van der Waals surface area (Å²) in [5, 5.41) is 3.24. The molecule has 18 heavy (non-hydrogen) atoms. The molecule has 1 amide bonds. The van der Waals surface area contributed by atoms with Gasteiger partial charge in [0.15, 0.2) is 0 Å². The molecular formula is C15H30N2O. The Bertz CT molecular complexity index is 268. The first-order chi connectivity index (χ1) is 8.37. The number of amides is 1. The molecule has 0 unspecified atom stereocenters. The molecule has 1 fully saturated rings. The van der Waals surface area contributed by atoms with Gasteiger partial charge < -0.3 is 11.1 Å². The molecule has 1 saturated carbocycles. The van der Waals surface area contributed by atoms with Gasteiger partial charge >= 0.3 is 0 Å². The van der Waals surface area contributed by atoms with Gasteiger partial charge in [-0.15, -0.1) is 0 Å². The number of carbonyl (C=O) groups is 1. The SMILES string of the molecule is CC(C)(CCN)CCC(=O)NC1(C)CCCCC1. The minimum Gasteiger partial charge on any atom is -0.351 e. The number of carbonyl (C=O) groups excluding carboxylic acids is 1. The van der Waals surface area contributed by atoms with Crippen molar-refractivity contribution < 1.29 is 4.79 Å². The summed E-state index contributed by atoms with van der Waals surface area (Å²) < 4.78 is 0. The van der Waals surface area contributed by atoms with Crippen molar-refractivity contribution in [2.75, 3.05) is 6.54 Å². The average Bonchev–Trinajstić information content (AvgIpc) is 2.27. The van der Waals surface area contributed by atoms with Crippen molar-refractivity contribution in [1.29, 1.82) is 0 Å². The summed E-state index contributed by atoms with van der Waals surface area (Å²) in [6.45, 7) is 7.27. The minimum atomic E-state index is 0.0490. The fourth-order valence-corrected chi connectivity index (χ4v) is 2.82. The lowest BCUT2D eigenvalue weighted by Crippen LogP contribution is -2.47. The molecule has 3 nitrogen and oxygen atoms in total. The van der Waals surface area contributed by atoms with Gasteiger partial charge in [0.25, 0.3) is 0 Å². The Kier molecular flexibility index (Phi) is 5.64. The smallest absolute Gasteiger partial charge is 0.220 e. The monoisotopic (exact) mass is 254 g/mol. The van der Waals surface area contributed by atoms with Crippen LogP contribution < -0.4 is 11.1 Å². The van der Waals surface area contributed by atoms with E-state index in [9.17, 15) is 4.79 Å². The second-order valence-corrected chi connectivity index (χ2v) is 6.87. The van der Waals surface area contributed by atoms with Crippen LogP contribution in [0.3, 0.4) is 0 Å². The van der Waals surface area contributed by atoms with E-state index in [1.807, 2.05) is 0 Å². The molecule has 0 spiro atoms. The zero-order valence-corrected chi connectivity index (χ0v) is 12.3. The fraction of sp³-hybridized carbons (Fsp3) is 0.933. The summed E-state index contributed by atoms with van der Waals surface area (Å²) >= 11 is 0. The number of nitrogens with two attached hydrogens (primary N) is 1. The normalized spacial score (nSPS) is 19.6. The maximum Gasteiger partial charge on any atom is 0.220 e. The van der Waals surface area contributed by atoms with Gasteiger partial charge in [-0.1, -0.05) is 33.1 Å². The molecule has 1 aliphatic carbocycles. The molecule has 3 N–H and O–H groups in total. The van der Waals surface area contributed by atoms with Gasteiger partial charge in [-0.25, -0.2) is 0 Å². The summed E-state index contributed by atoms with van der Waals surface area (Å²) in [5.41, 5.74) is 5.82. The lowest BCUT2D eigenvalue weighted by atomic mass is 9.82. The second-order valence-electron chi connectivity index (χ2n) is 6.87. The standard InChI is InChI=1S/C15H30N2O/c1-14(2,11-12-16)10-7-13(18)17-15(3)8-5-4-6-9-15/h4-12,16H2,1-3H3,(H,17,18). The van der Waals surface area contributed by atoms with E-state index >= 15 is 0 Å². The van der Waals surface area contributed by atoms with E-state index in [4.69, 9.17) is 5.73 Å². The van der Waals surface area contributed by atoms with Crippen LogP contribution in [0.2, 0.25) is 0 Å². The Balaban J connectivity index is 2.32. The maximum atomic E-state index is 12.0. The highest BCUT2D eigenvalue weighted by Gasteiger charge is 2.28. The van der Waals surface area contributed by atoms with Crippen LogP contribution in [0, 0.1) is 5.41 Å². The van der Waals surface area contributed by atoms with Crippen LogP contribution >= 0.6 is 0 Å². The molecule has 1 aliphatic rings. The van der Waals surface area contributed by atoms with Crippen LogP contribution in [0.5, 0.6) is 0 Å². The average molecular weight is 254 g/mol. The second kappa shape index (κ2) is 6.55. The Labute approximate surface area is 112 Å². The predicted molar refractivity (Wildman–Crippen MR) is 76.3 cm³/mol. The van der Waals surface area contributed by atoms with E-state index in [0.29, 0.717) is 13.0 Å². The Morgan fingerprint density at radius 2 is 1.83 bits per heavy atom. The summed E-state index contributed by atoms with van der Waals surface area (Å²) in [6.07, 6.45) is 8.60. The Hall–Kier alpha value is -0.570. The van der Waals surface area contributed by atoms with Gasteiger partial charge in [-0.05, 0) is 44.6 Å². The molecule has 0 aromatic heterocycles. The Morgan fingerprint density at radius 1 is 1.22 bits per heavy atom. The van der Waals surface area contributed by atoms with E-state index < -0.39 is 0 Å². The van der Waals surface area contributed by atoms with Gasteiger partial charge in [-0.2, -0.15) is 0 Å². The number of rotatable bonds is 6. The van der Waals surface area contributed by atoms with E-state index in [-0.39, 0.29) is 16.9 Å². The molecule has 0 atom stereocenters. The topological polar surface area (TPSA) is 55.1 Å². The van der Waals surface area contributed by atoms with Crippen LogP contribution in [0.25, 0.3) is 0 Å². The first-order valence-electron chi connectivity index (χ1n) is 7.38. The highest BCUT2D eigenvalue weighted by Crippen LogP contribution is 2.29. The van der Waals surface area contributed by atoms with Gasteiger partial charge in [0, 0.05) is 12.0 Å². The maximum absolute atomic E-state index is 12.0. The highest BCUT2D eigenvalue weighted by atomic mass is 16.1. The molecule has 0 radical (unpaired) electrons. The molecule has 0 aliphatic heterocycles. The molecule has 1 rings (SSSR count). The first kappa shape index (κ1) is 15.5. The van der Waals surface area contributed by atoms with Crippen LogP contribution in [-0.2, 0) is 4.79 Å². The summed E-state index contributed by atoms with van der Waals surface area (Å²) in [7, 11) is 0. The largest absolute Gasteiger partial charge is 0.351 e. The van der Waals surface area contributed by atoms with Crippen LogP contribution in [0.15, 0.2) is 0 Å². The quantitative estimate of drug-likeness (QED) is 0.765. The van der Waals surface area contributed by atoms with Crippen molar-refractivity contribution in [2.24, 2.45) is 11.1 Å². The van der Waals surface area contributed by atoms with Crippen LogP contribution in [0.4, 0.5) is 0 Å². The van der Waals surface area contributed by atoms with Crippen molar-refractivity contribution >= 4 is 5.91 Å². The zero-order valence-electron chi connectivity index (χ0n) is 12.3. The number of hydrogen-bond acceptors (Lipinski definition) is 2. The van der Waals surface area contributed by atoms with Crippen molar-refractivity contribution in [1.82, 2.24) is 5.32 Å². The lowest BCUT2D eigenvalue weighted by Gasteiger charge is -2.35. The van der Waals surface area contributed by atoms with Crippen molar-refractivity contribution in [3.05, 3.63) is 0 Å². The highest BCUT2D eigenvalue weighted by molar-refractivity contribution is 5.76. The molecule has 3 heteroatoms. The Morgan fingerprint density at radius 3 is 2.39 bits per heavy atom. The van der Waals surface area contributed by atoms with Gasteiger partial charge in [0.1, 0.15) is 0 Å². The zero-order chi connectivity index (χ0) is 13.6. The van der Waals surface area contributed by atoms with Crippen LogP contribution in [-0.4, -0.2) is 18.0 Å². The number of nitrogens with one attached hydrogen (secondary N) is 1. The predicted octanol–water partition coefficient (Wildman–Crippen LogP) is 2.98. The van der Waals surface area contributed by atoms with Gasteiger partial charge in [0.05, 0.1) is 0 Å². The van der Waals surface area contributed by atoms with E-state index in [2.05, 4.69) is 26.1 Å². The van der Waals surface area contributed by atoms with Crippen molar-refractivity contribution in [3.63, 3.8) is 0 Å². The third-order valence-corrected chi connectivity index (χ3v) is 4.25. The third kappa shape index (κ3) is 5.38. The molecule has 0 saturated heterocycles. The molecule has 0 aromatic rings. The molecule has 0 bridgehead atoms. The summed E-state index contributed by atoms with van der Waals surface area (Å²) in [5.74, 6) is 0.212. The van der Waals surface area contributed by atoms with Crippen LogP contribution in [0.1, 0.15) is 72.1 Å². The lowest BCUT2D eigenvalue weighted by molar-refractivity contribution is -0.123. The molecule has 106 valence electrons. The molecule has 0 heterocycles. The van der Waals surface area contributed by atoms with Crippen molar-refractivity contribution in [2.45, 2.75) is 77.7 Å². The van der Waals surface area contributed by atoms with Gasteiger partial charge in [0.2, 0.25) is 5.91 Å². The summed E-state index contributed by atoms with van der Waals surface area (Å²) in [4.78, 5) is 12.0. The molecule has 0 aromatic carbocycles. The van der Waals surface area contributed by atoms with E-state index in [1.54, 1.807) is 0 Å². The minimum absolute atomic E-state index is 0.0490. The van der Waals surface area contributed by atoms with E-state index in [0.717, 1.165) is 25.7 Å². The third-order valence-electron chi connectivity index (χ3n) is 4.25. The fourth-order valence-electron chi connectivity index (χ4n) is 2.82. The first-order valence-corrected chi connectivity index (χ1v) is 7.38. The van der Waals surface area contributed by atoms with Gasteiger partial charge in [-0.3, -0.25) is 4.79 Å².